The van der Waals surface area contributed by atoms with Gasteiger partial charge in [-0.1, -0.05) is 6.07 Å². The lowest BCUT2D eigenvalue weighted by Crippen LogP contribution is -2.26. The summed E-state index contributed by atoms with van der Waals surface area (Å²) in [6.45, 7) is 7.49. The molecular weight excluding hydrogens is 216 g/mol. The molecule has 3 nitrogen and oxygen atoms in total. The predicted molar refractivity (Wildman–Crippen MR) is 67.6 cm³/mol. The minimum Gasteiger partial charge on any atom is -0.496 e. The second kappa shape index (κ2) is 4.78. The van der Waals surface area contributed by atoms with Crippen LogP contribution in [0.3, 0.4) is 0 Å². The molecule has 1 rings (SSSR count). The maximum absolute atomic E-state index is 11.1. The topological polar surface area (TPSA) is 46.5 Å². The van der Waals surface area contributed by atoms with Gasteiger partial charge in [0.25, 0.3) is 0 Å². The van der Waals surface area contributed by atoms with E-state index in [1.807, 2.05) is 26.0 Å². The van der Waals surface area contributed by atoms with Crippen molar-refractivity contribution < 1.29 is 14.6 Å². The monoisotopic (exact) mass is 236 g/mol. The van der Waals surface area contributed by atoms with Crippen molar-refractivity contribution in [3.05, 3.63) is 28.8 Å². The zero-order valence-electron chi connectivity index (χ0n) is 11.1. The van der Waals surface area contributed by atoms with Gasteiger partial charge in [0.1, 0.15) is 5.75 Å². The van der Waals surface area contributed by atoms with E-state index in [0.29, 0.717) is 6.42 Å². The Kier molecular flexibility index (Phi) is 3.81. The van der Waals surface area contributed by atoms with Crippen molar-refractivity contribution >= 4 is 5.97 Å². The summed E-state index contributed by atoms with van der Waals surface area (Å²) in [4.78, 5) is 11.1. The molecule has 1 N–H and O–H groups in total. The fourth-order valence-electron chi connectivity index (χ4n) is 1.82. The van der Waals surface area contributed by atoms with E-state index < -0.39 is 11.4 Å². The molecule has 0 aliphatic heterocycles. The normalized spacial score (nSPS) is 11.4. The number of aliphatic carboxylic acids is 1. The van der Waals surface area contributed by atoms with Crippen molar-refractivity contribution in [2.24, 2.45) is 5.41 Å². The van der Waals surface area contributed by atoms with E-state index in [-0.39, 0.29) is 0 Å². The highest BCUT2D eigenvalue weighted by atomic mass is 16.5. The first kappa shape index (κ1) is 13.6. The maximum Gasteiger partial charge on any atom is 0.309 e. The molecule has 17 heavy (non-hydrogen) atoms. The summed E-state index contributed by atoms with van der Waals surface area (Å²) in [5.41, 5.74) is 2.51. The van der Waals surface area contributed by atoms with E-state index in [1.165, 1.54) is 0 Å². The molecule has 1 aromatic rings. The number of benzene rings is 1. The number of methoxy groups -OCH3 is 1. The van der Waals surface area contributed by atoms with Crippen LogP contribution < -0.4 is 4.74 Å². The number of carbonyl (C=O) groups is 1. The predicted octanol–water partition coefficient (Wildman–Crippen LogP) is 2.97. The van der Waals surface area contributed by atoms with Gasteiger partial charge in [-0.05, 0) is 56.9 Å². The Morgan fingerprint density at radius 3 is 2.35 bits per heavy atom. The number of carboxylic acids is 1. The number of hydrogen-bond acceptors (Lipinski definition) is 2. The van der Waals surface area contributed by atoms with Gasteiger partial charge in [0, 0.05) is 0 Å². The summed E-state index contributed by atoms with van der Waals surface area (Å²) in [6, 6.07) is 3.85. The average Bonchev–Trinajstić information content (AvgIpc) is 2.25. The van der Waals surface area contributed by atoms with Gasteiger partial charge in [0.15, 0.2) is 0 Å². The van der Waals surface area contributed by atoms with E-state index in [0.717, 1.165) is 22.4 Å². The summed E-state index contributed by atoms with van der Waals surface area (Å²) in [7, 11) is 1.64. The van der Waals surface area contributed by atoms with Crippen molar-refractivity contribution in [1.29, 1.82) is 0 Å². The van der Waals surface area contributed by atoms with Crippen molar-refractivity contribution in [1.82, 2.24) is 0 Å². The minimum atomic E-state index is -0.773. The Morgan fingerprint density at radius 1 is 1.29 bits per heavy atom. The fraction of sp³-hybridized carbons (Fsp3) is 0.500. The summed E-state index contributed by atoms with van der Waals surface area (Å²) >= 11 is 0. The summed E-state index contributed by atoms with van der Waals surface area (Å²) in [5, 5.41) is 9.14. The summed E-state index contributed by atoms with van der Waals surface area (Å²) in [6.07, 6.45) is 0.527. The Hall–Kier alpha value is -1.51. The molecule has 0 amide bonds. The molecule has 0 aliphatic carbocycles. The largest absolute Gasteiger partial charge is 0.496 e. The van der Waals surface area contributed by atoms with Gasteiger partial charge in [-0.2, -0.15) is 0 Å². The Bertz CT molecular complexity index is 433. The number of carboxylic acid groups (broad SMARTS) is 1. The van der Waals surface area contributed by atoms with Gasteiger partial charge < -0.3 is 9.84 Å². The first-order valence-electron chi connectivity index (χ1n) is 5.66. The van der Waals surface area contributed by atoms with Crippen LogP contribution in [0.2, 0.25) is 0 Å². The number of ether oxygens (including phenoxy) is 1. The molecule has 0 fully saturated rings. The van der Waals surface area contributed by atoms with Gasteiger partial charge in [0.2, 0.25) is 0 Å². The minimum absolute atomic E-state index is 0.527. The standard InChI is InChI=1S/C14H20O3/c1-9-10(2)12(17-5)7-6-11(9)8-14(3,4)13(15)16/h6-7H,8H2,1-5H3,(H,15,16). The third kappa shape index (κ3) is 2.78. The molecule has 0 aromatic heterocycles. The Labute approximate surface area is 102 Å². The highest BCUT2D eigenvalue weighted by Gasteiger charge is 2.28. The zero-order valence-corrected chi connectivity index (χ0v) is 11.1. The first-order chi connectivity index (χ1) is 7.79. The van der Waals surface area contributed by atoms with Crippen LogP contribution in [-0.4, -0.2) is 18.2 Å². The molecule has 0 saturated carbocycles. The van der Waals surface area contributed by atoms with Crippen LogP contribution >= 0.6 is 0 Å². The van der Waals surface area contributed by atoms with Gasteiger partial charge >= 0.3 is 5.97 Å². The number of rotatable bonds is 4. The highest BCUT2D eigenvalue weighted by Crippen LogP contribution is 2.29. The van der Waals surface area contributed by atoms with Crippen LogP contribution in [0.4, 0.5) is 0 Å². The summed E-state index contributed by atoms with van der Waals surface area (Å²) in [5.74, 6) is 0.0738. The SMILES string of the molecule is COc1ccc(CC(C)(C)C(=O)O)c(C)c1C. The first-order valence-corrected chi connectivity index (χ1v) is 5.66. The molecular formula is C14H20O3. The summed E-state index contributed by atoms with van der Waals surface area (Å²) < 4.78 is 5.24. The van der Waals surface area contributed by atoms with Gasteiger partial charge in [-0.15, -0.1) is 0 Å². The van der Waals surface area contributed by atoms with Gasteiger partial charge in [0.05, 0.1) is 12.5 Å². The van der Waals surface area contributed by atoms with Gasteiger partial charge in [-0.25, -0.2) is 0 Å². The lowest BCUT2D eigenvalue weighted by molar-refractivity contribution is -0.146. The van der Waals surface area contributed by atoms with Crippen LogP contribution in [-0.2, 0) is 11.2 Å². The molecule has 94 valence electrons. The van der Waals surface area contributed by atoms with E-state index >= 15 is 0 Å². The third-order valence-corrected chi connectivity index (χ3v) is 3.28. The quantitative estimate of drug-likeness (QED) is 0.874. The Morgan fingerprint density at radius 2 is 1.88 bits per heavy atom. The molecule has 1 aromatic carbocycles. The highest BCUT2D eigenvalue weighted by molar-refractivity contribution is 5.74. The smallest absolute Gasteiger partial charge is 0.309 e. The second-order valence-corrected chi connectivity index (χ2v) is 5.04. The van der Waals surface area contributed by atoms with E-state index in [9.17, 15) is 4.79 Å². The van der Waals surface area contributed by atoms with Gasteiger partial charge in [-0.3, -0.25) is 4.79 Å². The van der Waals surface area contributed by atoms with Crippen LogP contribution in [0.25, 0.3) is 0 Å². The second-order valence-electron chi connectivity index (χ2n) is 5.04. The Balaban J connectivity index is 3.09. The van der Waals surface area contributed by atoms with Crippen LogP contribution in [0.1, 0.15) is 30.5 Å². The molecule has 0 saturated heterocycles. The molecule has 0 heterocycles. The molecule has 0 spiro atoms. The van der Waals surface area contributed by atoms with E-state index in [4.69, 9.17) is 9.84 Å². The lowest BCUT2D eigenvalue weighted by Gasteiger charge is -2.21. The molecule has 0 unspecified atom stereocenters. The van der Waals surface area contributed by atoms with Crippen molar-refractivity contribution in [3.63, 3.8) is 0 Å². The van der Waals surface area contributed by atoms with Crippen molar-refractivity contribution in [3.8, 4) is 5.75 Å². The van der Waals surface area contributed by atoms with Crippen LogP contribution in [0, 0.1) is 19.3 Å². The molecule has 3 heteroatoms. The molecule has 0 atom stereocenters. The van der Waals surface area contributed by atoms with E-state index in [1.54, 1.807) is 21.0 Å². The van der Waals surface area contributed by atoms with E-state index in [2.05, 4.69) is 0 Å². The average molecular weight is 236 g/mol. The van der Waals surface area contributed by atoms with Crippen LogP contribution in [0.5, 0.6) is 5.75 Å². The molecule has 0 radical (unpaired) electrons. The third-order valence-electron chi connectivity index (χ3n) is 3.28. The van der Waals surface area contributed by atoms with Crippen LogP contribution in [0.15, 0.2) is 12.1 Å². The van der Waals surface area contributed by atoms with Crippen molar-refractivity contribution in [2.45, 2.75) is 34.1 Å². The molecule has 0 bridgehead atoms. The number of hydrogen-bond donors (Lipinski definition) is 1. The van der Waals surface area contributed by atoms with Crippen molar-refractivity contribution in [2.75, 3.05) is 7.11 Å². The zero-order chi connectivity index (χ0) is 13.2. The maximum atomic E-state index is 11.1. The molecule has 0 aliphatic rings. The fourth-order valence-corrected chi connectivity index (χ4v) is 1.82. The lowest BCUT2D eigenvalue weighted by atomic mass is 9.83.